The second kappa shape index (κ2) is 6.14. The molecular weight excluding hydrogens is 236 g/mol. The van der Waals surface area contributed by atoms with Gasteiger partial charge in [-0.1, -0.05) is 18.2 Å². The smallest absolute Gasteiger partial charge is 0.122 e. The van der Waals surface area contributed by atoms with E-state index >= 15 is 0 Å². The largest absolute Gasteiger partial charge is 0.496 e. The van der Waals surface area contributed by atoms with Crippen LogP contribution in [0, 0.1) is 6.92 Å². The van der Waals surface area contributed by atoms with Gasteiger partial charge in [-0.2, -0.15) is 0 Å². The summed E-state index contributed by atoms with van der Waals surface area (Å²) in [6.07, 6.45) is 0.924. The Morgan fingerprint density at radius 1 is 1.16 bits per heavy atom. The first kappa shape index (κ1) is 13.3. The Labute approximate surface area is 114 Å². The summed E-state index contributed by atoms with van der Waals surface area (Å²) in [6, 6.07) is 14.1. The maximum atomic E-state index is 5.80. The Kier molecular flexibility index (Phi) is 4.29. The van der Waals surface area contributed by atoms with Crippen LogP contribution in [0.2, 0.25) is 0 Å². The number of methoxy groups -OCH3 is 1. The van der Waals surface area contributed by atoms with Gasteiger partial charge in [-0.3, -0.25) is 0 Å². The van der Waals surface area contributed by atoms with Gasteiger partial charge >= 0.3 is 0 Å². The quantitative estimate of drug-likeness (QED) is 0.807. The minimum absolute atomic E-state index is 0.829. The number of nitrogen functional groups attached to an aromatic ring is 1. The third-order valence-electron chi connectivity index (χ3n) is 3.19. The van der Waals surface area contributed by atoms with Crippen molar-refractivity contribution in [2.75, 3.05) is 24.7 Å². The Bertz CT molecular complexity index is 552. The number of benzene rings is 2. The van der Waals surface area contributed by atoms with Crippen LogP contribution in [0.3, 0.4) is 0 Å². The summed E-state index contributed by atoms with van der Waals surface area (Å²) in [4.78, 5) is 0. The molecule has 0 saturated heterocycles. The minimum atomic E-state index is 0.829. The second-order valence-corrected chi connectivity index (χ2v) is 4.56. The summed E-state index contributed by atoms with van der Waals surface area (Å²) >= 11 is 0. The number of anilines is 2. The number of rotatable bonds is 5. The molecule has 0 unspecified atom stereocenters. The maximum Gasteiger partial charge on any atom is 0.122 e. The fourth-order valence-corrected chi connectivity index (χ4v) is 2.04. The normalized spacial score (nSPS) is 10.2. The monoisotopic (exact) mass is 256 g/mol. The molecule has 0 aromatic heterocycles. The number of ether oxygens (including phenoxy) is 1. The third kappa shape index (κ3) is 3.41. The SMILES string of the molecule is COc1ccccc1CCNc1ccc(N)c(C)c1. The first-order valence-corrected chi connectivity index (χ1v) is 6.42. The van der Waals surface area contributed by atoms with Crippen LogP contribution in [0.1, 0.15) is 11.1 Å². The lowest BCUT2D eigenvalue weighted by Gasteiger charge is -2.11. The molecule has 2 rings (SSSR count). The van der Waals surface area contributed by atoms with E-state index in [0.29, 0.717) is 0 Å². The lowest BCUT2D eigenvalue weighted by molar-refractivity contribution is 0.410. The number of hydrogen-bond donors (Lipinski definition) is 2. The molecule has 0 aliphatic heterocycles. The molecule has 0 amide bonds. The molecule has 3 N–H and O–H groups in total. The van der Waals surface area contributed by atoms with Gasteiger partial charge in [-0.05, 0) is 48.7 Å². The van der Waals surface area contributed by atoms with Gasteiger partial charge in [0.1, 0.15) is 5.75 Å². The van der Waals surface area contributed by atoms with Gasteiger partial charge in [0.25, 0.3) is 0 Å². The number of hydrogen-bond acceptors (Lipinski definition) is 3. The van der Waals surface area contributed by atoms with Crippen molar-refractivity contribution in [3.63, 3.8) is 0 Å². The van der Waals surface area contributed by atoms with Crippen molar-refractivity contribution in [3.8, 4) is 5.75 Å². The molecule has 3 nitrogen and oxygen atoms in total. The van der Waals surface area contributed by atoms with Crippen molar-refractivity contribution in [3.05, 3.63) is 53.6 Å². The fraction of sp³-hybridized carbons (Fsp3) is 0.250. The zero-order valence-electron chi connectivity index (χ0n) is 11.4. The molecule has 3 heteroatoms. The number of nitrogens with one attached hydrogen (secondary N) is 1. The maximum absolute atomic E-state index is 5.80. The van der Waals surface area contributed by atoms with Crippen LogP contribution < -0.4 is 15.8 Å². The van der Waals surface area contributed by atoms with Gasteiger partial charge in [0.2, 0.25) is 0 Å². The fourth-order valence-electron chi connectivity index (χ4n) is 2.04. The molecule has 0 heterocycles. The molecule has 0 aliphatic rings. The summed E-state index contributed by atoms with van der Waals surface area (Å²) in [5.74, 6) is 0.942. The topological polar surface area (TPSA) is 47.3 Å². The first-order valence-electron chi connectivity index (χ1n) is 6.42. The van der Waals surface area contributed by atoms with Crippen molar-refractivity contribution in [1.82, 2.24) is 0 Å². The van der Waals surface area contributed by atoms with E-state index in [9.17, 15) is 0 Å². The van der Waals surface area contributed by atoms with Crippen LogP contribution in [-0.4, -0.2) is 13.7 Å². The van der Waals surface area contributed by atoms with Crippen LogP contribution in [-0.2, 0) is 6.42 Å². The Morgan fingerprint density at radius 2 is 1.95 bits per heavy atom. The summed E-state index contributed by atoms with van der Waals surface area (Å²) < 4.78 is 5.34. The summed E-state index contributed by atoms with van der Waals surface area (Å²) in [5, 5.41) is 3.40. The average Bonchev–Trinajstić information content (AvgIpc) is 2.43. The molecular formula is C16H20N2O. The number of aryl methyl sites for hydroxylation is 1. The minimum Gasteiger partial charge on any atom is -0.496 e. The summed E-state index contributed by atoms with van der Waals surface area (Å²) in [7, 11) is 1.70. The van der Waals surface area contributed by atoms with E-state index in [2.05, 4.69) is 17.4 Å². The second-order valence-electron chi connectivity index (χ2n) is 4.56. The van der Waals surface area contributed by atoms with Crippen molar-refractivity contribution in [2.24, 2.45) is 0 Å². The van der Waals surface area contributed by atoms with E-state index in [1.165, 1.54) is 5.56 Å². The molecule has 0 spiro atoms. The van der Waals surface area contributed by atoms with E-state index in [1.807, 2.05) is 37.3 Å². The van der Waals surface area contributed by atoms with Crippen LogP contribution in [0.5, 0.6) is 5.75 Å². The van der Waals surface area contributed by atoms with Gasteiger partial charge in [0, 0.05) is 17.9 Å². The van der Waals surface area contributed by atoms with Gasteiger partial charge in [0.05, 0.1) is 7.11 Å². The van der Waals surface area contributed by atoms with Gasteiger partial charge in [-0.25, -0.2) is 0 Å². The van der Waals surface area contributed by atoms with Crippen molar-refractivity contribution >= 4 is 11.4 Å². The Morgan fingerprint density at radius 3 is 2.68 bits per heavy atom. The van der Waals surface area contributed by atoms with E-state index in [-0.39, 0.29) is 0 Å². The highest BCUT2D eigenvalue weighted by Crippen LogP contribution is 2.19. The zero-order chi connectivity index (χ0) is 13.7. The molecule has 2 aromatic carbocycles. The molecule has 0 saturated carbocycles. The standard InChI is InChI=1S/C16H20N2O/c1-12-11-14(7-8-15(12)17)18-10-9-13-5-3-4-6-16(13)19-2/h3-8,11,18H,9-10,17H2,1-2H3. The van der Waals surface area contributed by atoms with Crippen LogP contribution in [0.4, 0.5) is 11.4 Å². The summed E-state index contributed by atoms with van der Waals surface area (Å²) in [6.45, 7) is 2.88. The highest BCUT2D eigenvalue weighted by molar-refractivity contribution is 5.56. The molecule has 2 aromatic rings. The zero-order valence-corrected chi connectivity index (χ0v) is 11.4. The van der Waals surface area contributed by atoms with Gasteiger partial charge in [-0.15, -0.1) is 0 Å². The van der Waals surface area contributed by atoms with Crippen LogP contribution >= 0.6 is 0 Å². The molecule has 100 valence electrons. The lowest BCUT2D eigenvalue weighted by atomic mass is 10.1. The third-order valence-corrected chi connectivity index (χ3v) is 3.19. The summed E-state index contributed by atoms with van der Waals surface area (Å²) in [5.41, 5.74) is 10.0. The van der Waals surface area contributed by atoms with E-state index < -0.39 is 0 Å². The molecule has 0 aliphatic carbocycles. The number of nitrogens with two attached hydrogens (primary N) is 1. The van der Waals surface area contributed by atoms with Crippen molar-refractivity contribution < 1.29 is 4.74 Å². The average molecular weight is 256 g/mol. The highest BCUT2D eigenvalue weighted by atomic mass is 16.5. The van der Waals surface area contributed by atoms with Crippen molar-refractivity contribution in [2.45, 2.75) is 13.3 Å². The van der Waals surface area contributed by atoms with E-state index in [0.717, 1.165) is 35.7 Å². The highest BCUT2D eigenvalue weighted by Gasteiger charge is 2.01. The predicted molar refractivity (Wildman–Crippen MR) is 80.8 cm³/mol. The van der Waals surface area contributed by atoms with E-state index in [4.69, 9.17) is 10.5 Å². The lowest BCUT2D eigenvalue weighted by Crippen LogP contribution is -2.06. The molecule has 0 atom stereocenters. The predicted octanol–water partition coefficient (Wildman–Crippen LogP) is 3.24. The van der Waals surface area contributed by atoms with Crippen LogP contribution in [0.15, 0.2) is 42.5 Å². The molecule has 0 fully saturated rings. The van der Waals surface area contributed by atoms with Crippen molar-refractivity contribution in [1.29, 1.82) is 0 Å². The van der Waals surface area contributed by atoms with Gasteiger partial charge < -0.3 is 15.8 Å². The van der Waals surface area contributed by atoms with Crippen LogP contribution in [0.25, 0.3) is 0 Å². The Hall–Kier alpha value is -2.16. The Balaban J connectivity index is 1.94. The molecule has 0 radical (unpaired) electrons. The molecule has 19 heavy (non-hydrogen) atoms. The first-order chi connectivity index (χ1) is 9.20. The molecule has 0 bridgehead atoms. The number of para-hydroxylation sites is 1. The van der Waals surface area contributed by atoms with E-state index in [1.54, 1.807) is 7.11 Å². The van der Waals surface area contributed by atoms with Gasteiger partial charge in [0.15, 0.2) is 0 Å².